The molecule has 0 aromatic carbocycles. The Morgan fingerprint density at radius 3 is 2.73 bits per heavy atom. The lowest BCUT2D eigenvalue weighted by molar-refractivity contribution is -0.141. The van der Waals surface area contributed by atoms with Crippen LogP contribution in [0.15, 0.2) is 16.8 Å². The largest absolute Gasteiger partial charge is 0.481 e. The molecule has 1 unspecified atom stereocenters. The van der Waals surface area contributed by atoms with Crippen molar-refractivity contribution in [2.75, 3.05) is 7.11 Å². The zero-order valence-corrected chi connectivity index (χ0v) is 9.12. The van der Waals surface area contributed by atoms with Crippen LogP contribution in [-0.2, 0) is 14.3 Å². The van der Waals surface area contributed by atoms with Crippen LogP contribution in [0, 0.1) is 0 Å². The molecule has 0 saturated carbocycles. The Labute approximate surface area is 91.5 Å². The number of hydrogen-bond acceptors (Lipinski definition) is 4. The fourth-order valence-corrected chi connectivity index (χ4v) is 2.05. The van der Waals surface area contributed by atoms with E-state index in [9.17, 15) is 9.59 Å². The number of carbonyl (C=O) groups excluding carboxylic acids is 1. The number of esters is 1. The molecule has 15 heavy (non-hydrogen) atoms. The SMILES string of the molecule is COC(=O)CC(CC(=O)O)c1ccsc1. The van der Waals surface area contributed by atoms with Gasteiger partial charge in [0.05, 0.1) is 20.0 Å². The van der Waals surface area contributed by atoms with Gasteiger partial charge in [0, 0.05) is 5.92 Å². The van der Waals surface area contributed by atoms with E-state index < -0.39 is 5.97 Å². The monoisotopic (exact) mass is 228 g/mol. The Kier molecular flexibility index (Phi) is 4.30. The Morgan fingerprint density at radius 2 is 2.27 bits per heavy atom. The molecule has 1 aromatic heterocycles. The third kappa shape index (κ3) is 3.71. The zero-order valence-electron chi connectivity index (χ0n) is 8.30. The van der Waals surface area contributed by atoms with Gasteiger partial charge in [-0.2, -0.15) is 11.3 Å². The Morgan fingerprint density at radius 1 is 1.53 bits per heavy atom. The molecule has 1 aromatic rings. The number of carboxylic acids is 1. The van der Waals surface area contributed by atoms with Gasteiger partial charge in [-0.15, -0.1) is 0 Å². The fraction of sp³-hybridized carbons (Fsp3) is 0.400. The minimum absolute atomic E-state index is 0.0498. The molecule has 1 N–H and O–H groups in total. The Bertz CT molecular complexity index is 331. The van der Waals surface area contributed by atoms with Crippen LogP contribution in [0.1, 0.15) is 24.3 Å². The van der Waals surface area contributed by atoms with Crippen molar-refractivity contribution < 1.29 is 19.4 Å². The fourth-order valence-electron chi connectivity index (χ4n) is 1.31. The van der Waals surface area contributed by atoms with Crippen molar-refractivity contribution in [3.63, 3.8) is 0 Å². The van der Waals surface area contributed by atoms with E-state index in [0.717, 1.165) is 5.56 Å². The Hall–Kier alpha value is -1.36. The quantitative estimate of drug-likeness (QED) is 0.781. The molecule has 1 rings (SSSR count). The maximum absolute atomic E-state index is 11.1. The molecule has 4 nitrogen and oxygen atoms in total. The van der Waals surface area contributed by atoms with E-state index in [0.29, 0.717) is 0 Å². The molecular weight excluding hydrogens is 216 g/mol. The number of hydrogen-bond donors (Lipinski definition) is 1. The number of methoxy groups -OCH3 is 1. The highest BCUT2D eigenvalue weighted by molar-refractivity contribution is 7.08. The molecule has 1 atom stereocenters. The predicted octanol–water partition coefficient (Wildman–Crippen LogP) is 1.87. The first kappa shape index (κ1) is 11.7. The molecule has 0 aliphatic rings. The van der Waals surface area contributed by atoms with Crippen LogP contribution < -0.4 is 0 Å². The number of aliphatic carboxylic acids is 1. The molecule has 0 saturated heterocycles. The minimum Gasteiger partial charge on any atom is -0.481 e. The second kappa shape index (κ2) is 5.50. The molecule has 0 radical (unpaired) electrons. The molecule has 0 spiro atoms. The summed E-state index contributed by atoms with van der Waals surface area (Å²) in [6.45, 7) is 0. The third-order valence-electron chi connectivity index (χ3n) is 2.08. The summed E-state index contributed by atoms with van der Waals surface area (Å²) in [6.07, 6.45) is 0.0609. The number of thiophene rings is 1. The van der Waals surface area contributed by atoms with Gasteiger partial charge in [0.25, 0.3) is 0 Å². The van der Waals surface area contributed by atoms with Crippen LogP contribution in [0.3, 0.4) is 0 Å². The number of carboxylic acid groups (broad SMARTS) is 1. The lowest BCUT2D eigenvalue weighted by Crippen LogP contribution is -2.12. The van der Waals surface area contributed by atoms with Gasteiger partial charge in [0.2, 0.25) is 0 Å². The van der Waals surface area contributed by atoms with Crippen LogP contribution in [0.4, 0.5) is 0 Å². The maximum Gasteiger partial charge on any atom is 0.306 e. The highest BCUT2D eigenvalue weighted by Crippen LogP contribution is 2.25. The standard InChI is InChI=1S/C10H12O4S/c1-14-10(13)5-8(4-9(11)12)7-2-3-15-6-7/h2-3,6,8H,4-5H2,1H3,(H,11,12). The Balaban J connectivity index is 2.70. The minimum atomic E-state index is -0.907. The van der Waals surface area contributed by atoms with E-state index in [1.807, 2.05) is 16.8 Å². The van der Waals surface area contributed by atoms with Gasteiger partial charge >= 0.3 is 11.9 Å². The molecule has 0 amide bonds. The van der Waals surface area contributed by atoms with E-state index in [4.69, 9.17) is 5.11 Å². The summed E-state index contributed by atoms with van der Waals surface area (Å²) in [5, 5.41) is 12.4. The predicted molar refractivity (Wildman–Crippen MR) is 55.9 cm³/mol. The average Bonchev–Trinajstić information content (AvgIpc) is 2.68. The summed E-state index contributed by atoms with van der Waals surface area (Å²) in [5.41, 5.74) is 0.882. The smallest absolute Gasteiger partial charge is 0.306 e. The van der Waals surface area contributed by atoms with Crippen molar-refractivity contribution in [2.45, 2.75) is 18.8 Å². The summed E-state index contributed by atoms with van der Waals surface area (Å²) in [7, 11) is 1.30. The van der Waals surface area contributed by atoms with Gasteiger partial charge < -0.3 is 9.84 Å². The molecular formula is C10H12O4S. The van der Waals surface area contributed by atoms with Gasteiger partial charge in [0.15, 0.2) is 0 Å². The van der Waals surface area contributed by atoms with Crippen molar-refractivity contribution in [1.29, 1.82) is 0 Å². The summed E-state index contributed by atoms with van der Waals surface area (Å²) in [6, 6.07) is 1.83. The molecule has 1 heterocycles. The van der Waals surface area contributed by atoms with Crippen molar-refractivity contribution in [2.24, 2.45) is 0 Å². The second-order valence-electron chi connectivity index (χ2n) is 3.13. The number of rotatable bonds is 5. The van der Waals surface area contributed by atoms with E-state index in [2.05, 4.69) is 4.74 Å². The maximum atomic E-state index is 11.1. The number of ether oxygens (including phenoxy) is 1. The third-order valence-corrected chi connectivity index (χ3v) is 2.78. The molecule has 0 bridgehead atoms. The number of carbonyl (C=O) groups is 2. The van der Waals surface area contributed by atoms with E-state index in [1.54, 1.807) is 0 Å². The molecule has 0 fully saturated rings. The zero-order chi connectivity index (χ0) is 11.3. The van der Waals surface area contributed by atoms with Crippen LogP contribution in [0.25, 0.3) is 0 Å². The van der Waals surface area contributed by atoms with Gasteiger partial charge in [-0.05, 0) is 22.4 Å². The van der Waals surface area contributed by atoms with Crippen LogP contribution >= 0.6 is 11.3 Å². The molecule has 82 valence electrons. The first-order chi connectivity index (χ1) is 7.13. The van der Waals surface area contributed by atoms with Crippen molar-refractivity contribution in [3.8, 4) is 0 Å². The highest BCUT2D eigenvalue weighted by Gasteiger charge is 2.19. The lowest BCUT2D eigenvalue weighted by atomic mass is 9.95. The summed E-state index contributed by atoms with van der Waals surface area (Å²) in [4.78, 5) is 21.7. The van der Waals surface area contributed by atoms with Crippen molar-refractivity contribution in [3.05, 3.63) is 22.4 Å². The second-order valence-corrected chi connectivity index (χ2v) is 3.91. The molecule has 0 aliphatic heterocycles. The van der Waals surface area contributed by atoms with Gasteiger partial charge in [-0.1, -0.05) is 0 Å². The lowest BCUT2D eigenvalue weighted by Gasteiger charge is -2.11. The van der Waals surface area contributed by atoms with Crippen molar-refractivity contribution >= 4 is 23.3 Å². The topological polar surface area (TPSA) is 63.6 Å². The normalized spacial score (nSPS) is 12.1. The first-order valence-corrected chi connectivity index (χ1v) is 5.38. The van der Waals surface area contributed by atoms with E-state index >= 15 is 0 Å². The van der Waals surface area contributed by atoms with Gasteiger partial charge in [0.1, 0.15) is 0 Å². The summed E-state index contributed by atoms with van der Waals surface area (Å²) < 4.78 is 4.53. The average molecular weight is 228 g/mol. The van der Waals surface area contributed by atoms with Crippen LogP contribution in [0.5, 0.6) is 0 Å². The highest BCUT2D eigenvalue weighted by atomic mass is 32.1. The van der Waals surface area contributed by atoms with Gasteiger partial charge in [-0.25, -0.2) is 0 Å². The van der Waals surface area contributed by atoms with Crippen LogP contribution in [0.2, 0.25) is 0 Å². The summed E-state index contributed by atoms with van der Waals surface area (Å²) >= 11 is 1.48. The van der Waals surface area contributed by atoms with Crippen LogP contribution in [-0.4, -0.2) is 24.2 Å². The molecule has 0 aliphatic carbocycles. The van der Waals surface area contributed by atoms with Crippen molar-refractivity contribution in [1.82, 2.24) is 0 Å². The summed E-state index contributed by atoms with van der Waals surface area (Å²) in [5.74, 6) is -1.58. The molecule has 5 heteroatoms. The van der Waals surface area contributed by atoms with E-state index in [1.165, 1.54) is 18.4 Å². The van der Waals surface area contributed by atoms with E-state index in [-0.39, 0.29) is 24.7 Å². The first-order valence-electron chi connectivity index (χ1n) is 4.44. The van der Waals surface area contributed by atoms with Gasteiger partial charge in [-0.3, -0.25) is 9.59 Å².